The van der Waals surface area contributed by atoms with Crippen LogP contribution in [0.15, 0.2) is 42.5 Å². The van der Waals surface area contributed by atoms with Crippen molar-refractivity contribution in [1.29, 1.82) is 0 Å². The summed E-state index contributed by atoms with van der Waals surface area (Å²) in [5.74, 6) is 1.63. The van der Waals surface area contributed by atoms with E-state index >= 15 is 0 Å². The summed E-state index contributed by atoms with van der Waals surface area (Å²) in [7, 11) is 0. The van der Waals surface area contributed by atoms with Crippen molar-refractivity contribution in [3.63, 3.8) is 0 Å². The molecule has 0 radical (unpaired) electrons. The summed E-state index contributed by atoms with van der Waals surface area (Å²) < 4.78 is 12.6. The van der Waals surface area contributed by atoms with Gasteiger partial charge < -0.3 is 14.8 Å². The smallest absolute Gasteiger partial charge is 0.261 e. The van der Waals surface area contributed by atoms with E-state index in [-0.39, 0.29) is 17.6 Å². The Balaban J connectivity index is 1.50. The standard InChI is InChI=1S/C27H35NO3/c1-4-24(30-21-16-15-19-11-7-8-12-20(19)17-21)26(29)28-23-18-27(5-2,6-3)31-25-14-10-9-13-22(23)25/h9-10,13-17,23-24H,4-8,11-12,18H2,1-3H3,(H,28,29)/t23-,24+/m0/s1. The van der Waals surface area contributed by atoms with Crippen LogP contribution < -0.4 is 14.8 Å². The predicted octanol–water partition coefficient (Wildman–Crippen LogP) is 5.92. The van der Waals surface area contributed by atoms with Crippen molar-refractivity contribution in [1.82, 2.24) is 5.32 Å². The van der Waals surface area contributed by atoms with E-state index in [4.69, 9.17) is 9.47 Å². The van der Waals surface area contributed by atoms with Gasteiger partial charge in [0, 0.05) is 12.0 Å². The number of aryl methyl sites for hydroxylation is 2. The normalized spacial score (nSPS) is 20.0. The fourth-order valence-electron chi connectivity index (χ4n) is 4.96. The summed E-state index contributed by atoms with van der Waals surface area (Å²) in [5.41, 5.74) is 3.60. The summed E-state index contributed by atoms with van der Waals surface area (Å²) in [5, 5.41) is 3.29. The summed E-state index contributed by atoms with van der Waals surface area (Å²) >= 11 is 0. The third kappa shape index (κ3) is 4.58. The highest BCUT2D eigenvalue weighted by molar-refractivity contribution is 5.81. The average molecular weight is 422 g/mol. The van der Waals surface area contributed by atoms with Crippen molar-refractivity contribution in [2.24, 2.45) is 0 Å². The number of hydrogen-bond acceptors (Lipinski definition) is 3. The van der Waals surface area contributed by atoms with Gasteiger partial charge in [0.05, 0.1) is 6.04 Å². The second-order valence-corrected chi connectivity index (χ2v) is 8.95. The number of amides is 1. The number of rotatable bonds is 7. The van der Waals surface area contributed by atoms with Gasteiger partial charge in [0.2, 0.25) is 0 Å². The van der Waals surface area contributed by atoms with Crippen LogP contribution in [0.4, 0.5) is 0 Å². The maximum atomic E-state index is 13.3. The topological polar surface area (TPSA) is 47.6 Å². The number of carbonyl (C=O) groups is 1. The molecule has 1 aliphatic heterocycles. The van der Waals surface area contributed by atoms with Gasteiger partial charge in [0.1, 0.15) is 17.1 Å². The first-order chi connectivity index (χ1) is 15.1. The minimum absolute atomic E-state index is 0.0528. The molecule has 2 aromatic rings. The maximum absolute atomic E-state index is 13.3. The van der Waals surface area contributed by atoms with Crippen LogP contribution in [0.3, 0.4) is 0 Å². The predicted molar refractivity (Wildman–Crippen MR) is 124 cm³/mol. The molecule has 2 aromatic carbocycles. The number of carbonyl (C=O) groups excluding carboxylic acids is 1. The van der Waals surface area contributed by atoms with Crippen LogP contribution in [-0.4, -0.2) is 17.6 Å². The number of nitrogens with one attached hydrogen (secondary N) is 1. The van der Waals surface area contributed by atoms with Crippen LogP contribution in [0.1, 0.15) is 82.0 Å². The molecule has 1 amide bonds. The molecule has 0 saturated heterocycles. The van der Waals surface area contributed by atoms with Crippen molar-refractivity contribution >= 4 is 5.91 Å². The molecule has 0 unspecified atom stereocenters. The molecule has 0 saturated carbocycles. The molecule has 1 heterocycles. The molecule has 0 bridgehead atoms. The lowest BCUT2D eigenvalue weighted by atomic mass is 9.83. The van der Waals surface area contributed by atoms with Gasteiger partial charge in [-0.15, -0.1) is 0 Å². The zero-order chi connectivity index (χ0) is 21.8. The summed E-state index contributed by atoms with van der Waals surface area (Å²) in [4.78, 5) is 13.3. The first-order valence-corrected chi connectivity index (χ1v) is 11.9. The van der Waals surface area contributed by atoms with Gasteiger partial charge in [-0.25, -0.2) is 0 Å². The molecule has 31 heavy (non-hydrogen) atoms. The minimum Gasteiger partial charge on any atom is -0.487 e. The van der Waals surface area contributed by atoms with Crippen molar-refractivity contribution in [2.45, 2.75) is 89.9 Å². The SMILES string of the molecule is CC[C@@H](Oc1ccc2c(c1)CCCC2)C(=O)N[C@H]1CC(CC)(CC)Oc2ccccc21. The highest BCUT2D eigenvalue weighted by atomic mass is 16.5. The number of hydrogen-bond donors (Lipinski definition) is 1. The Morgan fingerprint density at radius 2 is 1.84 bits per heavy atom. The van der Waals surface area contributed by atoms with E-state index in [1.807, 2.05) is 31.2 Å². The van der Waals surface area contributed by atoms with Crippen LogP contribution in [0.2, 0.25) is 0 Å². The lowest BCUT2D eigenvalue weighted by Gasteiger charge is -2.42. The quantitative estimate of drug-likeness (QED) is 0.603. The molecule has 4 nitrogen and oxygen atoms in total. The monoisotopic (exact) mass is 421 g/mol. The molecule has 4 rings (SSSR count). The fourth-order valence-corrected chi connectivity index (χ4v) is 4.96. The zero-order valence-electron chi connectivity index (χ0n) is 19.1. The van der Waals surface area contributed by atoms with Crippen molar-refractivity contribution in [3.8, 4) is 11.5 Å². The summed E-state index contributed by atoms with van der Waals surface area (Å²) in [6, 6.07) is 14.3. The number of ether oxygens (including phenoxy) is 2. The van der Waals surface area contributed by atoms with Gasteiger partial charge in [-0.05, 0) is 74.3 Å². The van der Waals surface area contributed by atoms with Gasteiger partial charge in [0.15, 0.2) is 6.10 Å². The molecule has 1 aliphatic carbocycles. The molecule has 1 N–H and O–H groups in total. The third-order valence-corrected chi connectivity index (χ3v) is 7.06. The molecule has 0 aromatic heterocycles. The lowest BCUT2D eigenvalue weighted by molar-refractivity contribution is -0.129. The van der Waals surface area contributed by atoms with Gasteiger partial charge in [-0.3, -0.25) is 4.79 Å². The number of para-hydroxylation sites is 1. The highest BCUT2D eigenvalue weighted by Crippen LogP contribution is 2.42. The van der Waals surface area contributed by atoms with E-state index in [1.54, 1.807) is 0 Å². The Kier molecular flexibility index (Phi) is 6.54. The van der Waals surface area contributed by atoms with Crippen LogP contribution in [0.5, 0.6) is 11.5 Å². The van der Waals surface area contributed by atoms with E-state index in [9.17, 15) is 4.79 Å². The first kappa shape index (κ1) is 21.7. The van der Waals surface area contributed by atoms with Gasteiger partial charge >= 0.3 is 0 Å². The molecule has 2 aliphatic rings. The van der Waals surface area contributed by atoms with Gasteiger partial charge in [0.25, 0.3) is 5.91 Å². The number of fused-ring (bicyclic) bond motifs is 2. The summed E-state index contributed by atoms with van der Waals surface area (Å²) in [6.45, 7) is 6.32. The van der Waals surface area contributed by atoms with Crippen molar-refractivity contribution < 1.29 is 14.3 Å². The first-order valence-electron chi connectivity index (χ1n) is 11.9. The van der Waals surface area contributed by atoms with Gasteiger partial charge in [-0.2, -0.15) is 0 Å². The third-order valence-electron chi connectivity index (χ3n) is 7.06. The summed E-state index contributed by atoms with van der Waals surface area (Å²) in [6.07, 6.45) is 7.45. The van der Waals surface area contributed by atoms with Crippen LogP contribution in [-0.2, 0) is 17.6 Å². The Morgan fingerprint density at radius 1 is 1.10 bits per heavy atom. The average Bonchev–Trinajstić information content (AvgIpc) is 2.82. The molecule has 0 fully saturated rings. The molecule has 4 heteroatoms. The van der Waals surface area contributed by atoms with E-state index in [0.29, 0.717) is 6.42 Å². The Bertz CT molecular complexity index is 918. The Labute approximate surface area is 186 Å². The van der Waals surface area contributed by atoms with E-state index in [0.717, 1.165) is 49.2 Å². The van der Waals surface area contributed by atoms with Gasteiger partial charge in [-0.1, -0.05) is 45.0 Å². The van der Waals surface area contributed by atoms with E-state index in [2.05, 4.69) is 37.4 Å². The zero-order valence-corrected chi connectivity index (χ0v) is 19.1. The molecular weight excluding hydrogens is 386 g/mol. The van der Waals surface area contributed by atoms with Crippen molar-refractivity contribution in [2.75, 3.05) is 0 Å². The maximum Gasteiger partial charge on any atom is 0.261 e. The van der Waals surface area contributed by atoms with Crippen LogP contribution >= 0.6 is 0 Å². The minimum atomic E-state index is -0.505. The second-order valence-electron chi connectivity index (χ2n) is 8.95. The fraction of sp³-hybridized carbons (Fsp3) is 0.519. The Hall–Kier alpha value is -2.49. The molecular formula is C27H35NO3. The largest absolute Gasteiger partial charge is 0.487 e. The lowest BCUT2D eigenvalue weighted by Crippen LogP contribution is -2.47. The van der Waals surface area contributed by atoms with E-state index < -0.39 is 6.10 Å². The molecule has 166 valence electrons. The van der Waals surface area contributed by atoms with Crippen LogP contribution in [0, 0.1) is 0 Å². The van der Waals surface area contributed by atoms with Crippen LogP contribution in [0.25, 0.3) is 0 Å². The molecule has 0 spiro atoms. The number of benzene rings is 2. The van der Waals surface area contributed by atoms with Crippen molar-refractivity contribution in [3.05, 3.63) is 59.2 Å². The molecule has 2 atom stereocenters. The van der Waals surface area contributed by atoms with E-state index in [1.165, 1.54) is 24.0 Å². The highest BCUT2D eigenvalue weighted by Gasteiger charge is 2.39. The Morgan fingerprint density at radius 3 is 2.58 bits per heavy atom. The second kappa shape index (κ2) is 9.33.